The van der Waals surface area contributed by atoms with Gasteiger partial charge in [0.1, 0.15) is 5.75 Å². The van der Waals surface area contributed by atoms with Crippen LogP contribution in [0, 0.1) is 13.8 Å². The van der Waals surface area contributed by atoms with E-state index in [1.54, 1.807) is 7.11 Å². The minimum Gasteiger partial charge on any atom is -0.497 e. The molecule has 3 N–H and O–H groups in total. The summed E-state index contributed by atoms with van der Waals surface area (Å²) < 4.78 is 5.18. The summed E-state index contributed by atoms with van der Waals surface area (Å²) in [5.74, 6) is 0.831. The molecule has 0 saturated carbocycles. The van der Waals surface area contributed by atoms with Gasteiger partial charge >= 0.3 is 0 Å². The number of carbonyl (C=O) groups excluding carboxylic acids is 1. The molecular formula is C13H20N2O2. The van der Waals surface area contributed by atoms with E-state index in [9.17, 15) is 4.79 Å². The zero-order chi connectivity index (χ0) is 12.8. The number of carbonyl (C=O) groups is 1. The summed E-state index contributed by atoms with van der Waals surface area (Å²) in [7, 11) is 1.64. The van der Waals surface area contributed by atoms with Gasteiger partial charge in [0.05, 0.1) is 13.5 Å². The van der Waals surface area contributed by atoms with Crippen LogP contribution in [0.25, 0.3) is 0 Å². The number of methoxy groups -OCH3 is 1. The Hall–Kier alpha value is -1.55. The Bertz CT molecular complexity index is 379. The van der Waals surface area contributed by atoms with Gasteiger partial charge in [-0.3, -0.25) is 4.79 Å². The highest BCUT2D eigenvalue weighted by Gasteiger charge is 2.09. The molecule has 1 aromatic rings. The fourth-order valence-corrected chi connectivity index (χ4v) is 1.79. The molecule has 0 unspecified atom stereocenters. The third-order valence-corrected chi connectivity index (χ3v) is 2.71. The molecule has 0 atom stereocenters. The van der Waals surface area contributed by atoms with Gasteiger partial charge in [-0.15, -0.1) is 0 Å². The standard InChI is InChI=1S/C13H20N2O2/c1-9-6-11(17-3)7-10(2)12(9)8-13(16)15-5-4-14/h6-7H,4-5,8,14H2,1-3H3,(H,15,16). The number of nitrogens with one attached hydrogen (secondary N) is 1. The molecule has 0 fully saturated rings. The Morgan fingerprint density at radius 2 is 1.94 bits per heavy atom. The molecule has 0 aromatic heterocycles. The summed E-state index contributed by atoms with van der Waals surface area (Å²) in [5.41, 5.74) is 8.54. The topological polar surface area (TPSA) is 64.3 Å². The number of rotatable bonds is 5. The van der Waals surface area contributed by atoms with Gasteiger partial charge in [0.2, 0.25) is 5.91 Å². The van der Waals surface area contributed by atoms with Gasteiger partial charge in [-0.05, 0) is 42.7 Å². The first kappa shape index (κ1) is 13.5. The van der Waals surface area contributed by atoms with Gasteiger partial charge in [-0.1, -0.05) is 0 Å². The number of benzene rings is 1. The van der Waals surface area contributed by atoms with E-state index in [0.717, 1.165) is 22.4 Å². The van der Waals surface area contributed by atoms with Crippen molar-refractivity contribution in [3.63, 3.8) is 0 Å². The van der Waals surface area contributed by atoms with E-state index in [2.05, 4.69) is 5.32 Å². The Morgan fingerprint density at radius 3 is 2.41 bits per heavy atom. The van der Waals surface area contributed by atoms with E-state index < -0.39 is 0 Å². The Balaban J connectivity index is 2.80. The predicted molar refractivity (Wildman–Crippen MR) is 68.2 cm³/mol. The fourth-order valence-electron chi connectivity index (χ4n) is 1.79. The fraction of sp³-hybridized carbons (Fsp3) is 0.462. The molecule has 1 aromatic carbocycles. The van der Waals surface area contributed by atoms with Gasteiger partial charge in [-0.2, -0.15) is 0 Å². The predicted octanol–water partition coefficient (Wildman–Crippen LogP) is 0.929. The van der Waals surface area contributed by atoms with E-state index in [1.165, 1.54) is 0 Å². The molecule has 0 aliphatic carbocycles. The summed E-state index contributed by atoms with van der Waals surface area (Å²) in [4.78, 5) is 11.6. The highest BCUT2D eigenvalue weighted by atomic mass is 16.5. The summed E-state index contributed by atoms with van der Waals surface area (Å²) >= 11 is 0. The first-order valence-corrected chi connectivity index (χ1v) is 5.69. The molecule has 1 amide bonds. The van der Waals surface area contributed by atoms with E-state index in [-0.39, 0.29) is 5.91 Å². The summed E-state index contributed by atoms with van der Waals surface area (Å²) in [5, 5.41) is 2.77. The number of aryl methyl sites for hydroxylation is 2. The van der Waals surface area contributed by atoms with Crippen LogP contribution in [0.2, 0.25) is 0 Å². The van der Waals surface area contributed by atoms with Crippen molar-refractivity contribution in [3.8, 4) is 5.75 Å². The molecule has 4 heteroatoms. The second kappa shape index (κ2) is 6.25. The lowest BCUT2D eigenvalue weighted by atomic mass is 9.99. The quantitative estimate of drug-likeness (QED) is 0.799. The van der Waals surface area contributed by atoms with Crippen molar-refractivity contribution in [2.24, 2.45) is 5.73 Å². The van der Waals surface area contributed by atoms with Crippen LogP contribution >= 0.6 is 0 Å². The lowest BCUT2D eigenvalue weighted by Crippen LogP contribution is -2.30. The largest absolute Gasteiger partial charge is 0.497 e. The third kappa shape index (κ3) is 3.75. The maximum Gasteiger partial charge on any atom is 0.224 e. The van der Waals surface area contributed by atoms with Crippen molar-refractivity contribution < 1.29 is 9.53 Å². The van der Waals surface area contributed by atoms with Gasteiger partial charge in [-0.25, -0.2) is 0 Å². The maximum atomic E-state index is 11.6. The molecule has 0 aliphatic heterocycles. The zero-order valence-electron chi connectivity index (χ0n) is 10.7. The van der Waals surface area contributed by atoms with Crippen LogP contribution in [0.3, 0.4) is 0 Å². The first-order valence-electron chi connectivity index (χ1n) is 5.69. The van der Waals surface area contributed by atoms with Gasteiger partial charge < -0.3 is 15.8 Å². The number of hydrogen-bond donors (Lipinski definition) is 2. The van der Waals surface area contributed by atoms with Crippen LogP contribution < -0.4 is 15.8 Å². The van der Waals surface area contributed by atoms with E-state index in [0.29, 0.717) is 19.5 Å². The SMILES string of the molecule is COc1cc(C)c(CC(=O)NCCN)c(C)c1. The molecule has 0 saturated heterocycles. The van der Waals surface area contributed by atoms with Crippen LogP contribution in [-0.2, 0) is 11.2 Å². The molecule has 94 valence electrons. The van der Waals surface area contributed by atoms with Crippen LogP contribution in [-0.4, -0.2) is 26.1 Å². The minimum absolute atomic E-state index is 0.00631. The van der Waals surface area contributed by atoms with E-state index in [1.807, 2.05) is 26.0 Å². The van der Waals surface area contributed by atoms with E-state index in [4.69, 9.17) is 10.5 Å². The number of ether oxygens (including phenoxy) is 1. The second-order valence-electron chi connectivity index (χ2n) is 4.06. The van der Waals surface area contributed by atoms with Crippen molar-refractivity contribution in [1.29, 1.82) is 0 Å². The highest BCUT2D eigenvalue weighted by Crippen LogP contribution is 2.21. The number of amides is 1. The molecule has 4 nitrogen and oxygen atoms in total. The Kier molecular flexibility index (Phi) is 4.97. The van der Waals surface area contributed by atoms with Crippen molar-refractivity contribution in [2.75, 3.05) is 20.2 Å². The van der Waals surface area contributed by atoms with Crippen LogP contribution in [0.4, 0.5) is 0 Å². The summed E-state index contributed by atoms with van der Waals surface area (Å²) in [6.45, 7) is 4.96. The average Bonchev–Trinajstić information content (AvgIpc) is 2.30. The van der Waals surface area contributed by atoms with Crippen molar-refractivity contribution >= 4 is 5.91 Å². The number of hydrogen-bond acceptors (Lipinski definition) is 3. The zero-order valence-corrected chi connectivity index (χ0v) is 10.7. The van der Waals surface area contributed by atoms with Gasteiger partial charge in [0, 0.05) is 13.1 Å². The smallest absolute Gasteiger partial charge is 0.224 e. The van der Waals surface area contributed by atoms with Crippen molar-refractivity contribution in [3.05, 3.63) is 28.8 Å². The highest BCUT2D eigenvalue weighted by molar-refractivity contribution is 5.79. The number of nitrogens with two attached hydrogens (primary N) is 1. The maximum absolute atomic E-state index is 11.6. The van der Waals surface area contributed by atoms with E-state index >= 15 is 0 Å². The molecule has 0 aliphatic rings. The first-order chi connectivity index (χ1) is 8.08. The monoisotopic (exact) mass is 236 g/mol. The molecule has 1 rings (SSSR count). The molecule has 0 bridgehead atoms. The lowest BCUT2D eigenvalue weighted by Gasteiger charge is -2.12. The minimum atomic E-state index is 0.00631. The van der Waals surface area contributed by atoms with Crippen LogP contribution in [0.5, 0.6) is 5.75 Å². The Labute approximate surface area is 102 Å². The average molecular weight is 236 g/mol. The molecule has 17 heavy (non-hydrogen) atoms. The third-order valence-electron chi connectivity index (χ3n) is 2.71. The summed E-state index contributed by atoms with van der Waals surface area (Å²) in [6, 6.07) is 3.89. The van der Waals surface area contributed by atoms with Crippen LogP contribution in [0.15, 0.2) is 12.1 Å². The molecular weight excluding hydrogens is 216 g/mol. The van der Waals surface area contributed by atoms with Gasteiger partial charge in [0.25, 0.3) is 0 Å². The lowest BCUT2D eigenvalue weighted by molar-refractivity contribution is -0.120. The van der Waals surface area contributed by atoms with Crippen LogP contribution in [0.1, 0.15) is 16.7 Å². The molecule has 0 heterocycles. The summed E-state index contributed by atoms with van der Waals surface area (Å²) in [6.07, 6.45) is 0.391. The Morgan fingerprint density at radius 1 is 1.35 bits per heavy atom. The molecule has 0 spiro atoms. The van der Waals surface area contributed by atoms with Crippen molar-refractivity contribution in [1.82, 2.24) is 5.32 Å². The van der Waals surface area contributed by atoms with Gasteiger partial charge in [0.15, 0.2) is 0 Å². The van der Waals surface area contributed by atoms with Crippen molar-refractivity contribution in [2.45, 2.75) is 20.3 Å². The normalized spacial score (nSPS) is 10.1. The second-order valence-corrected chi connectivity index (χ2v) is 4.06. The molecule has 0 radical (unpaired) electrons.